The molecule has 2 N–H and O–H groups in total. The van der Waals surface area contributed by atoms with Gasteiger partial charge in [-0.05, 0) is 27.9 Å². The van der Waals surface area contributed by atoms with E-state index in [1.165, 1.54) is 16.7 Å². The van der Waals surface area contributed by atoms with E-state index in [-0.39, 0.29) is 11.6 Å². The van der Waals surface area contributed by atoms with E-state index in [9.17, 15) is 9.59 Å². The second kappa shape index (κ2) is 5.79. The predicted molar refractivity (Wildman–Crippen MR) is 71.8 cm³/mol. The summed E-state index contributed by atoms with van der Waals surface area (Å²) in [5.74, 6) is -0.0487. The van der Waals surface area contributed by atoms with Crippen molar-refractivity contribution in [2.75, 3.05) is 32.3 Å². The van der Waals surface area contributed by atoms with Gasteiger partial charge in [0.15, 0.2) is 0 Å². The van der Waals surface area contributed by atoms with Crippen LogP contribution in [0.2, 0.25) is 0 Å². The zero-order valence-corrected chi connectivity index (χ0v) is 12.1. The Hall–Kier alpha value is -0.950. The van der Waals surface area contributed by atoms with E-state index in [1.54, 1.807) is 0 Å². The molecular weight excluding hydrogens is 254 g/mol. The highest BCUT2D eigenvalue weighted by Gasteiger charge is 2.35. The van der Waals surface area contributed by atoms with Gasteiger partial charge in [0, 0.05) is 17.8 Å². The van der Waals surface area contributed by atoms with E-state index in [0.29, 0.717) is 18.2 Å². The first-order chi connectivity index (χ1) is 8.25. The highest BCUT2D eigenvalue weighted by atomic mass is 32.2. The molecule has 0 aromatic heterocycles. The van der Waals surface area contributed by atoms with Crippen LogP contribution in [0.25, 0.3) is 0 Å². The molecule has 1 aliphatic heterocycles. The molecule has 2 amide bonds. The summed E-state index contributed by atoms with van der Waals surface area (Å²) in [7, 11) is 3.88. The Balaban J connectivity index is 2.53. The van der Waals surface area contributed by atoms with Crippen molar-refractivity contribution in [3.05, 3.63) is 0 Å². The Labute approximate surface area is 112 Å². The van der Waals surface area contributed by atoms with Crippen LogP contribution < -0.4 is 5.32 Å². The normalized spacial score (nSPS) is 20.3. The summed E-state index contributed by atoms with van der Waals surface area (Å²) in [5, 5.41) is 11.8. The number of nitrogens with zero attached hydrogens (tertiary/aromatic N) is 2. The van der Waals surface area contributed by atoms with Crippen LogP contribution in [0.1, 0.15) is 13.8 Å². The summed E-state index contributed by atoms with van der Waals surface area (Å²) in [6.07, 6.45) is 0. The molecule has 104 valence electrons. The molecule has 0 spiro atoms. The van der Waals surface area contributed by atoms with Gasteiger partial charge >= 0.3 is 12.0 Å². The number of likely N-dealkylation sites (N-methyl/N-ethyl adjacent to an activating group) is 1. The predicted octanol–water partition coefficient (Wildman–Crippen LogP) is 0.496. The number of nitrogens with one attached hydrogen (secondary N) is 1. The fourth-order valence-electron chi connectivity index (χ4n) is 1.40. The molecular formula is C11H21N3O3S. The van der Waals surface area contributed by atoms with Crippen molar-refractivity contribution in [1.82, 2.24) is 15.1 Å². The summed E-state index contributed by atoms with van der Waals surface area (Å²) in [5.41, 5.74) is -0.165. The lowest BCUT2D eigenvalue weighted by Gasteiger charge is -2.33. The minimum atomic E-state index is -0.943. The SMILES string of the molecule is CN(C)C(C)(C)CNC(=O)N1CSCC1C(=O)O. The van der Waals surface area contributed by atoms with Gasteiger partial charge in [0.05, 0.1) is 5.88 Å². The molecule has 6 nitrogen and oxygen atoms in total. The third-order valence-corrected chi connectivity index (χ3v) is 4.32. The molecule has 0 aliphatic carbocycles. The standard InChI is InChI=1S/C11H21N3O3S/c1-11(2,13(3)4)6-12-10(17)14-7-18-5-8(14)9(15)16/h8H,5-7H2,1-4H3,(H,12,17)(H,15,16). The quantitative estimate of drug-likeness (QED) is 0.781. The number of amides is 2. The molecule has 0 radical (unpaired) electrons. The first kappa shape index (κ1) is 15.1. The van der Waals surface area contributed by atoms with Crippen LogP contribution >= 0.6 is 11.8 Å². The van der Waals surface area contributed by atoms with Crippen LogP contribution in [0.15, 0.2) is 0 Å². The van der Waals surface area contributed by atoms with E-state index in [0.717, 1.165) is 0 Å². The van der Waals surface area contributed by atoms with Crippen LogP contribution in [0.5, 0.6) is 0 Å². The van der Waals surface area contributed by atoms with Gasteiger partial charge in [-0.2, -0.15) is 0 Å². The Morgan fingerprint density at radius 2 is 2.11 bits per heavy atom. The average Bonchev–Trinajstić information content (AvgIpc) is 2.74. The lowest BCUT2D eigenvalue weighted by molar-refractivity contribution is -0.140. The third kappa shape index (κ3) is 3.52. The van der Waals surface area contributed by atoms with Gasteiger partial charge in [-0.15, -0.1) is 11.8 Å². The maximum absolute atomic E-state index is 11.9. The summed E-state index contributed by atoms with van der Waals surface area (Å²) in [4.78, 5) is 26.3. The number of thioether (sulfide) groups is 1. The van der Waals surface area contributed by atoms with Gasteiger partial charge in [-0.25, -0.2) is 9.59 Å². The molecule has 1 aliphatic rings. The van der Waals surface area contributed by atoms with Crippen molar-refractivity contribution >= 4 is 23.8 Å². The van der Waals surface area contributed by atoms with Crippen molar-refractivity contribution < 1.29 is 14.7 Å². The average molecular weight is 275 g/mol. The number of carbonyl (C=O) groups is 2. The van der Waals surface area contributed by atoms with Gasteiger partial charge in [-0.1, -0.05) is 0 Å². The molecule has 0 aromatic carbocycles. The van der Waals surface area contributed by atoms with Crippen molar-refractivity contribution in [3.8, 4) is 0 Å². The van der Waals surface area contributed by atoms with E-state index >= 15 is 0 Å². The summed E-state index contributed by atoms with van der Waals surface area (Å²) in [6.45, 7) is 4.51. The molecule has 1 rings (SSSR count). The van der Waals surface area contributed by atoms with Crippen molar-refractivity contribution in [3.63, 3.8) is 0 Å². The van der Waals surface area contributed by atoms with Gasteiger partial charge in [0.1, 0.15) is 6.04 Å². The highest BCUT2D eigenvalue weighted by Crippen LogP contribution is 2.21. The number of hydrogen-bond donors (Lipinski definition) is 2. The van der Waals surface area contributed by atoms with Gasteiger partial charge in [0.2, 0.25) is 0 Å². The Morgan fingerprint density at radius 3 is 2.61 bits per heavy atom. The largest absolute Gasteiger partial charge is 0.480 e. The number of carboxylic acid groups (broad SMARTS) is 1. The minimum absolute atomic E-state index is 0.165. The van der Waals surface area contributed by atoms with Crippen molar-refractivity contribution in [1.29, 1.82) is 0 Å². The maximum Gasteiger partial charge on any atom is 0.327 e. The maximum atomic E-state index is 11.9. The van der Waals surface area contributed by atoms with E-state index in [4.69, 9.17) is 5.11 Å². The fourth-order valence-corrected chi connectivity index (χ4v) is 2.54. The number of carbonyl (C=O) groups excluding carboxylic acids is 1. The number of aliphatic carboxylic acids is 1. The number of hydrogen-bond acceptors (Lipinski definition) is 4. The Kier molecular flexibility index (Phi) is 4.86. The van der Waals surface area contributed by atoms with Crippen molar-refractivity contribution in [2.24, 2.45) is 0 Å². The van der Waals surface area contributed by atoms with E-state index in [2.05, 4.69) is 5.32 Å². The van der Waals surface area contributed by atoms with Crippen LogP contribution in [0.4, 0.5) is 4.79 Å². The molecule has 1 heterocycles. The molecule has 1 saturated heterocycles. The molecule has 0 bridgehead atoms. The van der Waals surface area contributed by atoms with Crippen LogP contribution in [0.3, 0.4) is 0 Å². The molecule has 0 aromatic rings. The van der Waals surface area contributed by atoms with Gasteiger partial charge < -0.3 is 20.2 Å². The minimum Gasteiger partial charge on any atom is -0.480 e. The summed E-state index contributed by atoms with van der Waals surface area (Å²) < 4.78 is 0. The van der Waals surface area contributed by atoms with Crippen LogP contribution in [0, 0.1) is 0 Å². The van der Waals surface area contributed by atoms with Crippen LogP contribution in [-0.2, 0) is 4.79 Å². The number of urea groups is 1. The van der Waals surface area contributed by atoms with Gasteiger partial charge in [-0.3, -0.25) is 0 Å². The molecule has 7 heteroatoms. The third-order valence-electron chi connectivity index (χ3n) is 3.31. The van der Waals surface area contributed by atoms with Crippen LogP contribution in [-0.4, -0.2) is 70.8 Å². The molecule has 1 unspecified atom stereocenters. The molecule has 1 fully saturated rings. The number of carboxylic acids is 1. The smallest absolute Gasteiger partial charge is 0.327 e. The Bertz CT molecular complexity index is 333. The lowest BCUT2D eigenvalue weighted by atomic mass is 10.0. The first-order valence-electron chi connectivity index (χ1n) is 5.78. The molecule has 1 atom stereocenters. The topological polar surface area (TPSA) is 72.9 Å². The fraction of sp³-hybridized carbons (Fsp3) is 0.818. The van der Waals surface area contributed by atoms with Gasteiger partial charge in [0.25, 0.3) is 0 Å². The monoisotopic (exact) mass is 275 g/mol. The first-order valence-corrected chi connectivity index (χ1v) is 6.93. The Morgan fingerprint density at radius 1 is 1.50 bits per heavy atom. The second-order valence-corrected chi connectivity index (χ2v) is 6.19. The zero-order chi connectivity index (χ0) is 13.9. The van der Waals surface area contributed by atoms with E-state index < -0.39 is 12.0 Å². The zero-order valence-electron chi connectivity index (χ0n) is 11.3. The van der Waals surface area contributed by atoms with Crippen molar-refractivity contribution in [2.45, 2.75) is 25.4 Å². The molecule has 0 saturated carbocycles. The highest BCUT2D eigenvalue weighted by molar-refractivity contribution is 7.99. The summed E-state index contributed by atoms with van der Waals surface area (Å²) in [6, 6.07) is -1.01. The lowest BCUT2D eigenvalue weighted by Crippen LogP contribution is -2.53. The number of rotatable bonds is 4. The van der Waals surface area contributed by atoms with E-state index in [1.807, 2.05) is 32.8 Å². The molecule has 18 heavy (non-hydrogen) atoms. The summed E-state index contributed by atoms with van der Waals surface area (Å²) >= 11 is 1.46. The second-order valence-electron chi connectivity index (χ2n) is 5.19.